The number of rotatable bonds is 3. The molecule has 1 aromatic carbocycles. The monoisotopic (exact) mass is 372 g/mol. The van der Waals surface area contributed by atoms with E-state index in [4.69, 9.17) is 0 Å². The Kier molecular flexibility index (Phi) is 6.05. The van der Waals surface area contributed by atoms with Gasteiger partial charge >= 0.3 is 6.03 Å². The number of hydrogen-bond acceptors (Lipinski definition) is 3. The van der Waals surface area contributed by atoms with Crippen molar-refractivity contribution in [3.8, 4) is 0 Å². The second-order valence-corrected chi connectivity index (χ2v) is 8.61. The van der Waals surface area contributed by atoms with Crippen LogP contribution in [0.1, 0.15) is 39.2 Å². The molecule has 2 aliphatic rings. The number of hydrogen-bond donors (Lipinski definition) is 1. The molecule has 2 heterocycles. The predicted molar refractivity (Wildman–Crippen MR) is 106 cm³/mol. The van der Waals surface area contributed by atoms with Gasteiger partial charge in [0.05, 0.1) is 6.04 Å². The van der Waals surface area contributed by atoms with Gasteiger partial charge in [-0.05, 0) is 39.2 Å². The van der Waals surface area contributed by atoms with Gasteiger partial charge in [0.25, 0.3) is 0 Å². The Balaban J connectivity index is 1.55. The standard InChI is InChI=1S/C21H32N4O2/c1-21(2,3)22-20(27)24-12-7-11-23(14-15-24)18-10-13-25(19(18)26)16-17-8-5-4-6-9-17/h4-6,8-9,18H,7,10-16H2,1-3H3,(H,22,27). The van der Waals surface area contributed by atoms with Gasteiger partial charge in [-0.15, -0.1) is 0 Å². The third-order valence-corrected chi connectivity index (χ3v) is 5.23. The zero-order valence-electron chi connectivity index (χ0n) is 16.8. The molecule has 1 aromatic rings. The van der Waals surface area contributed by atoms with Crippen LogP contribution in [-0.2, 0) is 11.3 Å². The van der Waals surface area contributed by atoms with Gasteiger partial charge in [0.15, 0.2) is 0 Å². The number of urea groups is 1. The molecule has 0 bridgehead atoms. The first-order valence-corrected chi connectivity index (χ1v) is 9.97. The molecule has 6 heteroatoms. The number of carbonyl (C=O) groups excluding carboxylic acids is 2. The van der Waals surface area contributed by atoms with E-state index in [0.717, 1.165) is 39.0 Å². The van der Waals surface area contributed by atoms with Crippen molar-refractivity contribution in [3.05, 3.63) is 35.9 Å². The minimum Gasteiger partial charge on any atom is -0.337 e. The van der Waals surface area contributed by atoms with Gasteiger partial charge in [-0.1, -0.05) is 30.3 Å². The van der Waals surface area contributed by atoms with E-state index in [2.05, 4.69) is 22.3 Å². The molecule has 2 fully saturated rings. The lowest BCUT2D eigenvalue weighted by Crippen LogP contribution is -2.50. The van der Waals surface area contributed by atoms with Crippen molar-refractivity contribution in [2.24, 2.45) is 0 Å². The first-order chi connectivity index (χ1) is 12.8. The lowest BCUT2D eigenvalue weighted by molar-refractivity contribution is -0.132. The highest BCUT2D eigenvalue weighted by molar-refractivity contribution is 5.84. The lowest BCUT2D eigenvalue weighted by atomic mass is 10.1. The molecule has 3 rings (SSSR count). The molecule has 3 amide bonds. The molecule has 1 unspecified atom stereocenters. The maximum Gasteiger partial charge on any atom is 0.317 e. The summed E-state index contributed by atoms with van der Waals surface area (Å²) >= 11 is 0. The van der Waals surface area contributed by atoms with Gasteiger partial charge in [-0.25, -0.2) is 4.79 Å². The number of carbonyl (C=O) groups is 2. The van der Waals surface area contributed by atoms with Gasteiger partial charge in [0.2, 0.25) is 5.91 Å². The molecule has 0 saturated carbocycles. The van der Waals surface area contributed by atoms with Crippen LogP contribution >= 0.6 is 0 Å². The minimum atomic E-state index is -0.234. The zero-order chi connectivity index (χ0) is 19.4. The molecular formula is C21H32N4O2. The molecule has 2 aliphatic heterocycles. The maximum absolute atomic E-state index is 12.9. The second-order valence-electron chi connectivity index (χ2n) is 8.61. The number of amides is 3. The average molecular weight is 373 g/mol. The molecule has 0 radical (unpaired) electrons. The van der Waals surface area contributed by atoms with Gasteiger partial charge < -0.3 is 15.1 Å². The van der Waals surface area contributed by atoms with Crippen molar-refractivity contribution in [1.29, 1.82) is 0 Å². The van der Waals surface area contributed by atoms with Crippen LogP contribution in [0.4, 0.5) is 4.79 Å². The van der Waals surface area contributed by atoms with Gasteiger partial charge in [0.1, 0.15) is 0 Å². The lowest BCUT2D eigenvalue weighted by Gasteiger charge is -2.28. The van der Waals surface area contributed by atoms with Crippen molar-refractivity contribution >= 4 is 11.9 Å². The smallest absolute Gasteiger partial charge is 0.317 e. The number of likely N-dealkylation sites (tertiary alicyclic amines) is 1. The summed E-state index contributed by atoms with van der Waals surface area (Å²) in [6.45, 7) is 10.5. The van der Waals surface area contributed by atoms with Crippen LogP contribution in [0.15, 0.2) is 30.3 Å². The SMILES string of the molecule is CC(C)(C)NC(=O)N1CCCN(C2CCN(Cc3ccccc3)C2=O)CC1. The van der Waals surface area contributed by atoms with E-state index in [0.29, 0.717) is 13.1 Å². The van der Waals surface area contributed by atoms with Crippen LogP contribution in [0, 0.1) is 0 Å². The second kappa shape index (κ2) is 8.30. The van der Waals surface area contributed by atoms with Crippen LogP contribution in [0.25, 0.3) is 0 Å². The molecular weight excluding hydrogens is 340 g/mol. The van der Waals surface area contributed by atoms with Crippen molar-refractivity contribution in [2.45, 2.75) is 51.7 Å². The maximum atomic E-state index is 12.9. The summed E-state index contributed by atoms with van der Waals surface area (Å²) < 4.78 is 0. The van der Waals surface area contributed by atoms with Crippen LogP contribution in [0.5, 0.6) is 0 Å². The molecule has 1 N–H and O–H groups in total. The van der Waals surface area contributed by atoms with Crippen molar-refractivity contribution in [3.63, 3.8) is 0 Å². The quantitative estimate of drug-likeness (QED) is 0.886. The van der Waals surface area contributed by atoms with E-state index in [1.807, 2.05) is 48.8 Å². The Hall–Kier alpha value is -2.08. The Morgan fingerprint density at radius 3 is 2.52 bits per heavy atom. The fourth-order valence-electron chi connectivity index (χ4n) is 3.87. The normalized spacial score (nSPS) is 22.0. The van der Waals surface area contributed by atoms with E-state index in [9.17, 15) is 9.59 Å². The highest BCUT2D eigenvalue weighted by Crippen LogP contribution is 2.21. The summed E-state index contributed by atoms with van der Waals surface area (Å²) in [6.07, 6.45) is 1.78. The Labute approximate surface area is 162 Å². The Morgan fingerprint density at radius 1 is 1.07 bits per heavy atom. The summed E-state index contributed by atoms with van der Waals surface area (Å²) in [4.78, 5) is 31.5. The van der Waals surface area contributed by atoms with Crippen molar-refractivity contribution in [1.82, 2.24) is 20.0 Å². The molecule has 0 aliphatic carbocycles. The van der Waals surface area contributed by atoms with Crippen LogP contribution < -0.4 is 5.32 Å². The summed E-state index contributed by atoms with van der Waals surface area (Å²) in [5.74, 6) is 0.228. The topological polar surface area (TPSA) is 55.9 Å². The molecule has 1 atom stereocenters. The van der Waals surface area contributed by atoms with E-state index < -0.39 is 0 Å². The predicted octanol–water partition coefficient (Wildman–Crippen LogP) is 2.30. The highest BCUT2D eigenvalue weighted by atomic mass is 16.2. The summed E-state index contributed by atoms with van der Waals surface area (Å²) in [5.41, 5.74) is 0.940. The summed E-state index contributed by atoms with van der Waals surface area (Å²) in [5, 5.41) is 3.04. The van der Waals surface area contributed by atoms with Gasteiger partial charge in [-0.2, -0.15) is 0 Å². The largest absolute Gasteiger partial charge is 0.337 e. The Bertz CT molecular complexity index is 656. The van der Waals surface area contributed by atoms with E-state index in [1.54, 1.807) is 0 Å². The molecule has 148 valence electrons. The zero-order valence-corrected chi connectivity index (χ0v) is 16.8. The first kappa shape index (κ1) is 19.7. The first-order valence-electron chi connectivity index (χ1n) is 9.97. The minimum absolute atomic E-state index is 0.00666. The van der Waals surface area contributed by atoms with Crippen LogP contribution in [0.3, 0.4) is 0 Å². The molecule has 0 spiro atoms. The van der Waals surface area contributed by atoms with E-state index in [1.165, 1.54) is 5.56 Å². The van der Waals surface area contributed by atoms with Gasteiger partial charge in [0, 0.05) is 44.8 Å². The van der Waals surface area contributed by atoms with E-state index in [-0.39, 0.29) is 23.5 Å². The van der Waals surface area contributed by atoms with Crippen LogP contribution in [-0.4, -0.2) is 70.9 Å². The van der Waals surface area contributed by atoms with Crippen LogP contribution in [0.2, 0.25) is 0 Å². The molecule has 6 nitrogen and oxygen atoms in total. The number of nitrogens with zero attached hydrogens (tertiary/aromatic N) is 3. The Morgan fingerprint density at radius 2 is 1.81 bits per heavy atom. The molecule has 2 saturated heterocycles. The fourth-order valence-corrected chi connectivity index (χ4v) is 3.87. The highest BCUT2D eigenvalue weighted by Gasteiger charge is 2.36. The molecule has 27 heavy (non-hydrogen) atoms. The van der Waals surface area contributed by atoms with Gasteiger partial charge in [-0.3, -0.25) is 9.69 Å². The summed E-state index contributed by atoms with van der Waals surface area (Å²) in [7, 11) is 0. The summed E-state index contributed by atoms with van der Waals surface area (Å²) in [6, 6.07) is 10.1. The third kappa shape index (κ3) is 5.22. The average Bonchev–Trinajstić information content (AvgIpc) is 2.83. The molecule has 0 aromatic heterocycles. The van der Waals surface area contributed by atoms with E-state index >= 15 is 0 Å². The third-order valence-electron chi connectivity index (χ3n) is 5.23. The fraction of sp³-hybridized carbons (Fsp3) is 0.619. The van der Waals surface area contributed by atoms with Crippen molar-refractivity contribution in [2.75, 3.05) is 32.7 Å². The number of benzene rings is 1. The number of nitrogens with one attached hydrogen (secondary N) is 1. The van der Waals surface area contributed by atoms with Crippen molar-refractivity contribution < 1.29 is 9.59 Å².